The molecule has 0 aliphatic carbocycles. The normalized spacial score (nSPS) is 19.1. The van der Waals surface area contributed by atoms with Crippen LogP contribution in [0.3, 0.4) is 0 Å². The molecule has 0 aromatic heterocycles. The topological polar surface area (TPSA) is 52.7 Å². The number of hydrogen-bond donors (Lipinski definition) is 1. The lowest BCUT2D eigenvalue weighted by molar-refractivity contribution is -0.122. The zero-order valence-corrected chi connectivity index (χ0v) is 20.7. The van der Waals surface area contributed by atoms with Gasteiger partial charge in [0.05, 0.1) is 11.2 Å². The van der Waals surface area contributed by atoms with Gasteiger partial charge in [-0.1, -0.05) is 24.3 Å². The van der Waals surface area contributed by atoms with Crippen molar-refractivity contribution >= 4 is 52.2 Å². The molecule has 4 rings (SSSR count). The minimum atomic E-state index is -0.480. The number of fused-ring (bicyclic) bond motifs is 1. The lowest BCUT2D eigenvalue weighted by atomic mass is 9.85. The van der Waals surface area contributed by atoms with Crippen molar-refractivity contribution in [2.24, 2.45) is 0 Å². The Morgan fingerprint density at radius 2 is 1.73 bits per heavy atom. The van der Waals surface area contributed by atoms with Crippen molar-refractivity contribution < 1.29 is 9.59 Å². The maximum Gasteiger partial charge on any atom is 0.270 e. The third kappa shape index (κ3) is 4.00. The number of amides is 2. The van der Waals surface area contributed by atoms with Crippen LogP contribution in [0.15, 0.2) is 54.1 Å². The number of thiocarbonyl (C=S) groups is 1. The Balaban J connectivity index is 1.81. The van der Waals surface area contributed by atoms with Gasteiger partial charge in [0, 0.05) is 17.3 Å². The molecule has 1 saturated heterocycles. The largest absolute Gasteiger partial charge is 0.360 e. The Bertz CT molecular complexity index is 1230. The molecule has 0 radical (unpaired) electrons. The number of carbonyl (C=O) groups excluding carboxylic acids is 2. The van der Waals surface area contributed by atoms with Crippen LogP contribution < -0.4 is 15.1 Å². The third-order valence-corrected chi connectivity index (χ3v) is 6.48. The van der Waals surface area contributed by atoms with Gasteiger partial charge in [-0.2, -0.15) is 0 Å². The molecule has 0 saturated carbocycles. The summed E-state index contributed by atoms with van der Waals surface area (Å²) in [6.07, 6.45) is 3.95. The van der Waals surface area contributed by atoms with Crippen molar-refractivity contribution in [3.63, 3.8) is 0 Å². The zero-order valence-electron chi connectivity index (χ0n) is 19.9. The van der Waals surface area contributed by atoms with E-state index in [2.05, 4.69) is 63.0 Å². The van der Waals surface area contributed by atoms with Crippen molar-refractivity contribution in [1.82, 2.24) is 5.32 Å². The highest BCUT2D eigenvalue weighted by Crippen LogP contribution is 2.42. The fraction of sp³-hybridized carbons (Fsp3) is 0.296. The molecule has 1 fully saturated rings. The van der Waals surface area contributed by atoms with Gasteiger partial charge >= 0.3 is 0 Å². The van der Waals surface area contributed by atoms with Gasteiger partial charge in [0.15, 0.2) is 5.11 Å². The SMILES string of the molecule is CC1=CC(C)(C)N(C(C)C)c2cc(C)c(/C=C3\C(=O)NC(=S)N(c4ccccc4)C3=O)cc21. The number of allylic oxidation sites excluding steroid dienone is 1. The van der Waals surface area contributed by atoms with Crippen LogP contribution in [0.1, 0.15) is 51.3 Å². The number of nitrogens with one attached hydrogen (secondary N) is 1. The summed E-state index contributed by atoms with van der Waals surface area (Å²) < 4.78 is 0. The molecule has 1 N–H and O–H groups in total. The number of nitrogens with zero attached hydrogens (tertiary/aromatic N) is 2. The number of carbonyl (C=O) groups is 2. The van der Waals surface area contributed by atoms with E-state index >= 15 is 0 Å². The lowest BCUT2D eigenvalue weighted by Gasteiger charge is -2.46. The number of hydrogen-bond acceptors (Lipinski definition) is 4. The van der Waals surface area contributed by atoms with Crippen LogP contribution in [0.25, 0.3) is 11.6 Å². The minimum absolute atomic E-state index is 0.0639. The molecular formula is C27H29N3O2S. The van der Waals surface area contributed by atoms with Gasteiger partial charge in [-0.05, 0) is 101 Å². The molecule has 170 valence electrons. The van der Waals surface area contributed by atoms with Crippen molar-refractivity contribution in [3.8, 4) is 0 Å². The Morgan fingerprint density at radius 3 is 2.36 bits per heavy atom. The van der Waals surface area contributed by atoms with Gasteiger partial charge < -0.3 is 4.90 Å². The van der Waals surface area contributed by atoms with Crippen molar-refractivity contribution in [2.45, 2.75) is 53.1 Å². The third-order valence-electron chi connectivity index (χ3n) is 6.19. The van der Waals surface area contributed by atoms with E-state index in [-0.39, 0.29) is 16.2 Å². The van der Waals surface area contributed by atoms with Crippen molar-refractivity contribution in [3.05, 3.63) is 70.8 Å². The fourth-order valence-electron chi connectivity index (χ4n) is 4.94. The number of aryl methyl sites for hydroxylation is 1. The summed E-state index contributed by atoms with van der Waals surface area (Å²) in [6.45, 7) is 12.9. The van der Waals surface area contributed by atoms with E-state index in [0.29, 0.717) is 11.7 Å². The van der Waals surface area contributed by atoms with E-state index < -0.39 is 11.8 Å². The first kappa shape index (κ1) is 22.9. The van der Waals surface area contributed by atoms with Crippen LogP contribution in [0.4, 0.5) is 11.4 Å². The molecule has 2 amide bonds. The fourth-order valence-corrected chi connectivity index (χ4v) is 5.22. The second kappa shape index (κ2) is 8.27. The highest BCUT2D eigenvalue weighted by Gasteiger charge is 2.36. The lowest BCUT2D eigenvalue weighted by Crippen LogP contribution is -2.54. The second-order valence-corrected chi connectivity index (χ2v) is 9.85. The molecule has 6 heteroatoms. The van der Waals surface area contributed by atoms with Gasteiger partial charge in [-0.3, -0.25) is 19.8 Å². The van der Waals surface area contributed by atoms with Gasteiger partial charge in [0.2, 0.25) is 0 Å². The van der Waals surface area contributed by atoms with Gasteiger partial charge in [0.25, 0.3) is 11.8 Å². The zero-order chi connectivity index (χ0) is 24.1. The number of rotatable bonds is 3. The summed E-state index contributed by atoms with van der Waals surface area (Å²) in [5, 5.41) is 2.75. The van der Waals surface area contributed by atoms with Crippen LogP contribution in [0.5, 0.6) is 0 Å². The maximum atomic E-state index is 13.3. The van der Waals surface area contributed by atoms with E-state index in [0.717, 1.165) is 16.7 Å². The molecule has 33 heavy (non-hydrogen) atoms. The van der Waals surface area contributed by atoms with Crippen molar-refractivity contribution in [1.29, 1.82) is 0 Å². The van der Waals surface area contributed by atoms with Gasteiger partial charge in [0.1, 0.15) is 5.57 Å². The van der Waals surface area contributed by atoms with Crippen LogP contribution >= 0.6 is 12.2 Å². The Labute approximate surface area is 200 Å². The van der Waals surface area contributed by atoms with Crippen LogP contribution in [0, 0.1) is 6.92 Å². The number of anilines is 2. The second-order valence-electron chi connectivity index (χ2n) is 9.46. The molecule has 0 unspecified atom stereocenters. The molecule has 2 aliphatic rings. The van der Waals surface area contributed by atoms with E-state index in [4.69, 9.17) is 12.2 Å². The minimum Gasteiger partial charge on any atom is -0.360 e. The maximum absolute atomic E-state index is 13.3. The molecule has 0 atom stereocenters. The smallest absolute Gasteiger partial charge is 0.270 e. The summed E-state index contributed by atoms with van der Waals surface area (Å²) in [4.78, 5) is 29.9. The number of para-hydroxylation sites is 1. The summed E-state index contributed by atoms with van der Waals surface area (Å²) in [7, 11) is 0. The predicted octanol–water partition coefficient (Wildman–Crippen LogP) is 5.24. The molecule has 2 aromatic carbocycles. The molecule has 0 spiro atoms. The predicted molar refractivity (Wildman–Crippen MR) is 139 cm³/mol. The highest BCUT2D eigenvalue weighted by molar-refractivity contribution is 7.80. The number of benzene rings is 2. The molecule has 2 aliphatic heterocycles. The van der Waals surface area contributed by atoms with Crippen molar-refractivity contribution in [2.75, 3.05) is 9.80 Å². The summed E-state index contributed by atoms with van der Waals surface area (Å²) in [5.74, 6) is -0.907. The van der Waals surface area contributed by atoms with E-state index in [9.17, 15) is 9.59 Å². The standard InChI is InChI=1S/C27H29N3O2S/c1-16(2)30-23-12-17(3)19(13-21(23)18(4)15-27(30,5)6)14-22-24(31)28-26(33)29(25(22)32)20-10-8-7-9-11-20/h7-16H,1-6H3,(H,28,31,33)/b22-14+. The Morgan fingerprint density at radius 1 is 1.06 bits per heavy atom. The highest BCUT2D eigenvalue weighted by atomic mass is 32.1. The Kier molecular flexibility index (Phi) is 5.74. The average Bonchev–Trinajstić information content (AvgIpc) is 2.71. The summed E-state index contributed by atoms with van der Waals surface area (Å²) in [6, 6.07) is 13.7. The van der Waals surface area contributed by atoms with E-state index in [1.165, 1.54) is 16.2 Å². The van der Waals surface area contributed by atoms with Gasteiger partial charge in [-0.25, -0.2) is 0 Å². The van der Waals surface area contributed by atoms with Crippen LogP contribution in [-0.2, 0) is 9.59 Å². The molecule has 0 bridgehead atoms. The quantitative estimate of drug-likeness (QED) is 0.388. The van der Waals surface area contributed by atoms with E-state index in [1.54, 1.807) is 18.2 Å². The molecule has 2 heterocycles. The molecular weight excluding hydrogens is 430 g/mol. The first-order valence-electron chi connectivity index (χ1n) is 11.1. The average molecular weight is 460 g/mol. The van der Waals surface area contributed by atoms with Crippen LogP contribution in [0.2, 0.25) is 0 Å². The molecule has 2 aromatic rings. The molecule has 5 nitrogen and oxygen atoms in total. The summed E-state index contributed by atoms with van der Waals surface area (Å²) in [5.41, 5.74) is 5.87. The summed E-state index contributed by atoms with van der Waals surface area (Å²) >= 11 is 5.29. The van der Waals surface area contributed by atoms with Crippen LogP contribution in [-0.4, -0.2) is 28.5 Å². The first-order chi connectivity index (χ1) is 15.5. The first-order valence-corrected chi connectivity index (χ1v) is 11.5. The Hall–Kier alpha value is -3.25. The van der Waals surface area contributed by atoms with Gasteiger partial charge in [-0.15, -0.1) is 0 Å². The monoisotopic (exact) mass is 459 g/mol. The van der Waals surface area contributed by atoms with E-state index in [1.807, 2.05) is 25.1 Å².